The third-order valence-electron chi connectivity index (χ3n) is 4.28. The molecule has 1 fully saturated rings. The van der Waals surface area contributed by atoms with Gasteiger partial charge in [0.25, 0.3) is 0 Å². The molecule has 0 aromatic carbocycles. The fourth-order valence-electron chi connectivity index (χ4n) is 3.16. The summed E-state index contributed by atoms with van der Waals surface area (Å²) in [5, 5.41) is 6.31. The molecule has 1 aliphatic heterocycles. The minimum absolute atomic E-state index is 0.640. The quantitative estimate of drug-likeness (QED) is 0.920. The summed E-state index contributed by atoms with van der Waals surface area (Å²) in [7, 11) is 4.01. The summed E-state index contributed by atoms with van der Waals surface area (Å²) >= 11 is 1.67. The first kappa shape index (κ1) is 14.5. The molecule has 1 aliphatic rings. The van der Waals surface area contributed by atoms with Gasteiger partial charge in [-0.2, -0.15) is 4.98 Å². The van der Waals surface area contributed by atoms with Gasteiger partial charge in [0.05, 0.1) is 5.39 Å². The van der Waals surface area contributed by atoms with Crippen LogP contribution in [0.4, 0.5) is 11.8 Å². The van der Waals surface area contributed by atoms with Gasteiger partial charge < -0.3 is 10.2 Å². The van der Waals surface area contributed by atoms with E-state index < -0.39 is 0 Å². The molecule has 1 unspecified atom stereocenters. The maximum absolute atomic E-state index is 4.68. The lowest BCUT2D eigenvalue weighted by molar-refractivity contribution is 0.270. The molecule has 3 rings (SSSR count). The molecule has 0 saturated carbocycles. The van der Waals surface area contributed by atoms with E-state index in [2.05, 4.69) is 50.5 Å². The topological polar surface area (TPSA) is 44.3 Å². The fraction of sp³-hybridized carbons (Fsp3) is 0.600. The lowest BCUT2D eigenvalue weighted by Crippen LogP contribution is -2.39. The van der Waals surface area contributed by atoms with Crippen molar-refractivity contribution >= 4 is 33.3 Å². The maximum atomic E-state index is 4.68. The van der Waals surface area contributed by atoms with Gasteiger partial charge in [-0.15, -0.1) is 11.3 Å². The fourth-order valence-corrected chi connectivity index (χ4v) is 3.92. The Morgan fingerprint density at radius 2 is 2.33 bits per heavy atom. The Labute approximate surface area is 130 Å². The van der Waals surface area contributed by atoms with Crippen molar-refractivity contribution in [2.45, 2.75) is 25.8 Å². The van der Waals surface area contributed by atoms with Gasteiger partial charge in [0, 0.05) is 26.7 Å². The second kappa shape index (κ2) is 6.15. The molecule has 2 aromatic rings. The summed E-state index contributed by atoms with van der Waals surface area (Å²) in [4.78, 5) is 15.1. The van der Waals surface area contributed by atoms with E-state index in [-0.39, 0.29) is 0 Å². The number of thiophene rings is 1. The molecular weight excluding hydrogens is 282 g/mol. The normalized spacial score (nSPS) is 19.3. The van der Waals surface area contributed by atoms with E-state index in [4.69, 9.17) is 0 Å². The summed E-state index contributed by atoms with van der Waals surface area (Å²) in [5.41, 5.74) is 0. The molecular formula is C15H23N5S. The molecule has 0 spiro atoms. The zero-order valence-corrected chi connectivity index (χ0v) is 13.8. The standard InChI is InChI=1S/C15H23N5S/c1-4-20-8-5-6-11(20)10-19(3)13-12-7-9-21-14(12)18-15(16-2)17-13/h7,9,11H,4-6,8,10H2,1-3H3,(H,16,17,18). The van der Waals surface area contributed by atoms with Gasteiger partial charge in [-0.1, -0.05) is 6.92 Å². The first-order chi connectivity index (χ1) is 10.2. The summed E-state index contributed by atoms with van der Waals surface area (Å²) in [6, 6.07) is 2.76. The van der Waals surface area contributed by atoms with Gasteiger partial charge in [0.15, 0.2) is 0 Å². The number of nitrogens with one attached hydrogen (secondary N) is 1. The van der Waals surface area contributed by atoms with Crippen LogP contribution in [0.1, 0.15) is 19.8 Å². The predicted octanol–water partition coefficient (Wildman–Crippen LogP) is 2.65. The lowest BCUT2D eigenvalue weighted by Gasteiger charge is -2.28. The number of anilines is 2. The summed E-state index contributed by atoms with van der Waals surface area (Å²) in [6.45, 7) is 5.64. The van der Waals surface area contributed by atoms with E-state index in [0.717, 1.165) is 29.1 Å². The highest BCUT2D eigenvalue weighted by molar-refractivity contribution is 7.16. The van der Waals surface area contributed by atoms with Gasteiger partial charge in [-0.3, -0.25) is 4.90 Å². The van der Waals surface area contributed by atoms with Crippen LogP contribution >= 0.6 is 11.3 Å². The molecule has 6 heteroatoms. The average Bonchev–Trinajstić information content (AvgIpc) is 3.14. The molecule has 1 N–H and O–H groups in total. The number of rotatable bonds is 5. The van der Waals surface area contributed by atoms with Crippen LogP contribution in [0.5, 0.6) is 0 Å². The van der Waals surface area contributed by atoms with Crippen LogP contribution in [0.25, 0.3) is 10.2 Å². The largest absolute Gasteiger partial charge is 0.357 e. The minimum Gasteiger partial charge on any atom is -0.357 e. The Balaban J connectivity index is 1.86. The molecule has 2 aromatic heterocycles. The summed E-state index contributed by atoms with van der Waals surface area (Å²) < 4.78 is 0. The Hall–Kier alpha value is -1.40. The monoisotopic (exact) mass is 305 g/mol. The van der Waals surface area contributed by atoms with Crippen LogP contribution in [-0.2, 0) is 0 Å². The second-order valence-corrected chi connectivity index (χ2v) is 6.46. The SMILES string of the molecule is CCN1CCCC1CN(C)c1nc(NC)nc2sccc12. The van der Waals surface area contributed by atoms with Gasteiger partial charge in [-0.05, 0) is 37.4 Å². The number of likely N-dealkylation sites (N-methyl/N-ethyl adjacent to an activating group) is 2. The first-order valence-electron chi connectivity index (χ1n) is 7.61. The van der Waals surface area contributed by atoms with Crippen molar-refractivity contribution in [3.63, 3.8) is 0 Å². The zero-order chi connectivity index (χ0) is 14.8. The number of fused-ring (bicyclic) bond motifs is 1. The van der Waals surface area contributed by atoms with Crippen LogP contribution in [0.15, 0.2) is 11.4 Å². The highest BCUT2D eigenvalue weighted by Gasteiger charge is 2.25. The molecule has 1 saturated heterocycles. The van der Waals surface area contributed by atoms with Gasteiger partial charge >= 0.3 is 0 Å². The molecule has 0 amide bonds. The highest BCUT2D eigenvalue weighted by atomic mass is 32.1. The van der Waals surface area contributed by atoms with Crippen molar-refractivity contribution in [2.24, 2.45) is 0 Å². The van der Waals surface area contributed by atoms with Crippen LogP contribution < -0.4 is 10.2 Å². The number of aromatic nitrogens is 2. The average molecular weight is 305 g/mol. The van der Waals surface area contributed by atoms with E-state index in [1.165, 1.54) is 19.4 Å². The minimum atomic E-state index is 0.640. The maximum Gasteiger partial charge on any atom is 0.225 e. The van der Waals surface area contributed by atoms with Crippen LogP contribution in [0.2, 0.25) is 0 Å². The summed E-state index contributed by atoms with van der Waals surface area (Å²) in [6.07, 6.45) is 2.60. The zero-order valence-electron chi connectivity index (χ0n) is 13.0. The molecule has 5 nitrogen and oxygen atoms in total. The van der Waals surface area contributed by atoms with Crippen molar-refractivity contribution in [1.82, 2.24) is 14.9 Å². The van der Waals surface area contributed by atoms with Crippen LogP contribution in [-0.4, -0.2) is 54.6 Å². The molecule has 0 radical (unpaired) electrons. The smallest absolute Gasteiger partial charge is 0.225 e. The van der Waals surface area contributed by atoms with Crippen molar-refractivity contribution in [3.8, 4) is 0 Å². The highest BCUT2D eigenvalue weighted by Crippen LogP contribution is 2.29. The van der Waals surface area contributed by atoms with E-state index in [1.54, 1.807) is 11.3 Å². The molecule has 21 heavy (non-hydrogen) atoms. The lowest BCUT2D eigenvalue weighted by atomic mass is 10.2. The second-order valence-electron chi connectivity index (χ2n) is 5.57. The third kappa shape index (κ3) is 2.82. The van der Waals surface area contributed by atoms with E-state index in [1.807, 2.05) is 7.05 Å². The van der Waals surface area contributed by atoms with Gasteiger partial charge in [0.1, 0.15) is 10.6 Å². The van der Waals surface area contributed by atoms with E-state index in [0.29, 0.717) is 12.0 Å². The van der Waals surface area contributed by atoms with Gasteiger partial charge in [0.2, 0.25) is 5.95 Å². The van der Waals surface area contributed by atoms with Crippen LogP contribution in [0.3, 0.4) is 0 Å². The molecule has 3 heterocycles. The molecule has 0 bridgehead atoms. The Morgan fingerprint density at radius 3 is 3.10 bits per heavy atom. The van der Waals surface area contributed by atoms with E-state index in [9.17, 15) is 0 Å². The number of hydrogen-bond acceptors (Lipinski definition) is 6. The van der Waals surface area contributed by atoms with Crippen molar-refractivity contribution in [2.75, 3.05) is 43.9 Å². The molecule has 1 atom stereocenters. The Morgan fingerprint density at radius 1 is 1.48 bits per heavy atom. The van der Waals surface area contributed by atoms with Crippen LogP contribution in [0, 0.1) is 0 Å². The first-order valence-corrected chi connectivity index (χ1v) is 8.49. The molecule has 0 aliphatic carbocycles. The molecule has 114 valence electrons. The Bertz CT molecular complexity index is 611. The third-order valence-corrected chi connectivity index (χ3v) is 5.09. The van der Waals surface area contributed by atoms with Crippen molar-refractivity contribution in [3.05, 3.63) is 11.4 Å². The number of nitrogens with zero attached hydrogens (tertiary/aromatic N) is 4. The van der Waals surface area contributed by atoms with Gasteiger partial charge in [-0.25, -0.2) is 4.98 Å². The van der Waals surface area contributed by atoms with E-state index >= 15 is 0 Å². The predicted molar refractivity (Wildman–Crippen MR) is 90.5 cm³/mol. The van der Waals surface area contributed by atoms with Crippen molar-refractivity contribution in [1.29, 1.82) is 0 Å². The Kier molecular flexibility index (Phi) is 4.26. The number of likely N-dealkylation sites (tertiary alicyclic amines) is 1. The van der Waals surface area contributed by atoms with Crippen molar-refractivity contribution < 1.29 is 0 Å². The summed E-state index contributed by atoms with van der Waals surface area (Å²) in [5.74, 6) is 1.74. The number of hydrogen-bond donors (Lipinski definition) is 1.